The van der Waals surface area contributed by atoms with E-state index < -0.39 is 0 Å². The zero-order valence-corrected chi connectivity index (χ0v) is 28.3. The van der Waals surface area contributed by atoms with Crippen molar-refractivity contribution in [2.45, 2.75) is 0 Å². The Morgan fingerprint density at radius 3 is 1.88 bits per heavy atom. The van der Waals surface area contributed by atoms with Gasteiger partial charge in [-0.3, -0.25) is 0 Å². The first kappa shape index (κ1) is 28.4. The first-order valence-electron chi connectivity index (χ1n) is 17.4. The van der Waals surface area contributed by atoms with Gasteiger partial charge in [0.1, 0.15) is 11.2 Å². The monoisotopic (exact) mass is 667 g/mol. The highest BCUT2D eigenvalue weighted by Crippen LogP contribution is 2.49. The Morgan fingerprint density at radius 1 is 0.373 bits per heavy atom. The second-order valence-electron chi connectivity index (χ2n) is 13.2. The van der Waals surface area contributed by atoms with E-state index in [9.17, 15) is 0 Å². The molecule has 51 heavy (non-hydrogen) atoms. The highest BCUT2D eigenvalue weighted by Gasteiger charge is 2.22. The fourth-order valence-electron chi connectivity index (χ4n) is 8.17. The second kappa shape index (κ2) is 11.0. The van der Waals surface area contributed by atoms with Crippen LogP contribution in [0.3, 0.4) is 0 Å². The van der Waals surface area contributed by atoms with Crippen LogP contribution in [0.15, 0.2) is 180 Å². The molecule has 0 aliphatic carbocycles. The molecule has 0 radical (unpaired) electrons. The molecule has 0 aliphatic heterocycles. The number of fused-ring (bicyclic) bond motifs is 9. The summed E-state index contributed by atoms with van der Waals surface area (Å²) in [5.41, 5.74) is 12.8. The molecule has 0 unspecified atom stereocenters. The highest BCUT2D eigenvalue weighted by molar-refractivity contribution is 7.27. The van der Waals surface area contributed by atoms with Crippen LogP contribution in [-0.2, 0) is 0 Å². The van der Waals surface area contributed by atoms with E-state index in [0.29, 0.717) is 0 Å². The number of hydrogen-bond donors (Lipinski definition) is 0. The molecule has 0 fully saturated rings. The Morgan fingerprint density at radius 2 is 1.02 bits per heavy atom. The predicted molar refractivity (Wildman–Crippen MR) is 217 cm³/mol. The van der Waals surface area contributed by atoms with Crippen LogP contribution in [-0.4, -0.2) is 4.57 Å². The Kier molecular flexibility index (Phi) is 6.16. The van der Waals surface area contributed by atoms with Crippen molar-refractivity contribution in [2.75, 3.05) is 0 Å². The SMILES string of the molecule is c1ccc(-c2ccc3c4ccccc4n(-c4cccc5c4sc4c(-c6ccccc6)ccc(-c6cccc7oc8ccccc8c67)c45)c3c2)cc1. The Labute approximate surface area is 298 Å². The van der Waals surface area contributed by atoms with Crippen molar-refractivity contribution in [1.29, 1.82) is 0 Å². The number of thiophene rings is 1. The Bertz CT molecular complexity index is 3130. The second-order valence-corrected chi connectivity index (χ2v) is 14.2. The third-order valence-corrected chi connectivity index (χ3v) is 11.7. The molecule has 11 aromatic rings. The smallest absolute Gasteiger partial charge is 0.136 e. The number of benzene rings is 8. The molecule has 0 spiro atoms. The molecule has 0 saturated heterocycles. The van der Waals surface area contributed by atoms with Crippen LogP contribution < -0.4 is 0 Å². The topological polar surface area (TPSA) is 18.1 Å². The van der Waals surface area contributed by atoms with Crippen LogP contribution >= 0.6 is 11.3 Å². The normalized spacial score (nSPS) is 11.9. The van der Waals surface area contributed by atoms with E-state index in [1.165, 1.54) is 81.0 Å². The van der Waals surface area contributed by atoms with Crippen molar-refractivity contribution in [1.82, 2.24) is 4.57 Å². The molecule has 0 amide bonds. The summed E-state index contributed by atoms with van der Waals surface area (Å²) in [5.74, 6) is 0. The standard InChI is InChI=1S/C48H29NOS/c1-3-13-30(14-4-1)32-25-26-35-34-17-7-9-21-40(34)49(42(35)29-32)41-22-11-20-39-46-37(28-27-33(48(46)51-47(39)41)31-15-5-2-6-16-31)36-19-12-24-44-45(36)38-18-8-10-23-43(38)50-44/h1-29H. The number of para-hydroxylation sites is 2. The molecule has 0 aliphatic rings. The van der Waals surface area contributed by atoms with Crippen LogP contribution in [0.4, 0.5) is 0 Å². The maximum Gasteiger partial charge on any atom is 0.136 e. The lowest BCUT2D eigenvalue weighted by molar-refractivity contribution is 0.669. The summed E-state index contributed by atoms with van der Waals surface area (Å²) in [5, 5.41) is 7.36. The van der Waals surface area contributed by atoms with E-state index >= 15 is 0 Å². The lowest BCUT2D eigenvalue weighted by Gasteiger charge is -2.11. The highest BCUT2D eigenvalue weighted by atomic mass is 32.1. The number of hydrogen-bond acceptors (Lipinski definition) is 2. The third kappa shape index (κ3) is 4.22. The fraction of sp³-hybridized carbons (Fsp3) is 0. The van der Waals surface area contributed by atoms with Gasteiger partial charge in [-0.05, 0) is 63.7 Å². The van der Waals surface area contributed by atoms with Crippen molar-refractivity contribution >= 4 is 75.3 Å². The number of aromatic nitrogens is 1. The lowest BCUT2D eigenvalue weighted by Crippen LogP contribution is -1.94. The summed E-state index contributed by atoms with van der Waals surface area (Å²) in [7, 11) is 0. The molecule has 0 atom stereocenters. The largest absolute Gasteiger partial charge is 0.456 e. The van der Waals surface area contributed by atoms with Gasteiger partial charge < -0.3 is 8.98 Å². The zero-order chi connectivity index (χ0) is 33.5. The van der Waals surface area contributed by atoms with Crippen molar-refractivity contribution in [3.05, 3.63) is 176 Å². The van der Waals surface area contributed by atoms with Crippen molar-refractivity contribution in [3.8, 4) is 39.1 Å². The van der Waals surface area contributed by atoms with Crippen LogP contribution in [0.1, 0.15) is 0 Å². The van der Waals surface area contributed by atoms with Gasteiger partial charge in [-0.2, -0.15) is 0 Å². The molecule has 3 heteroatoms. The van der Waals surface area contributed by atoms with Crippen molar-refractivity contribution < 1.29 is 4.42 Å². The van der Waals surface area contributed by atoms with E-state index in [0.717, 1.165) is 21.9 Å². The minimum Gasteiger partial charge on any atom is -0.456 e. The average molecular weight is 668 g/mol. The van der Waals surface area contributed by atoms with Crippen LogP contribution in [0.5, 0.6) is 0 Å². The van der Waals surface area contributed by atoms with Gasteiger partial charge in [-0.15, -0.1) is 11.3 Å². The molecular weight excluding hydrogens is 639 g/mol. The zero-order valence-electron chi connectivity index (χ0n) is 27.5. The lowest BCUT2D eigenvalue weighted by atomic mass is 9.92. The number of nitrogens with zero attached hydrogens (tertiary/aromatic N) is 1. The summed E-state index contributed by atoms with van der Waals surface area (Å²) in [4.78, 5) is 0. The number of furan rings is 1. The first-order valence-corrected chi connectivity index (χ1v) is 18.2. The maximum atomic E-state index is 6.38. The van der Waals surface area contributed by atoms with Gasteiger partial charge in [-0.25, -0.2) is 0 Å². The molecule has 238 valence electrons. The van der Waals surface area contributed by atoms with E-state index in [4.69, 9.17) is 4.42 Å². The molecule has 3 heterocycles. The van der Waals surface area contributed by atoms with E-state index in [-0.39, 0.29) is 0 Å². The summed E-state index contributed by atoms with van der Waals surface area (Å²) in [6.07, 6.45) is 0. The van der Waals surface area contributed by atoms with E-state index in [1.54, 1.807) is 0 Å². The summed E-state index contributed by atoms with van der Waals surface area (Å²) >= 11 is 1.90. The molecule has 2 nitrogen and oxygen atoms in total. The molecule has 0 bridgehead atoms. The van der Waals surface area contributed by atoms with E-state index in [1.807, 2.05) is 17.4 Å². The van der Waals surface area contributed by atoms with Gasteiger partial charge in [-0.1, -0.05) is 146 Å². The first-order chi connectivity index (χ1) is 25.3. The van der Waals surface area contributed by atoms with Crippen molar-refractivity contribution in [2.24, 2.45) is 0 Å². The van der Waals surface area contributed by atoms with E-state index in [2.05, 4.69) is 174 Å². The molecule has 0 saturated carbocycles. The van der Waals surface area contributed by atoms with Crippen LogP contribution in [0, 0.1) is 0 Å². The quantitative estimate of drug-likeness (QED) is 0.183. The summed E-state index contributed by atoms with van der Waals surface area (Å²) in [6.45, 7) is 0. The Hall–Kier alpha value is -6.42. The predicted octanol–water partition coefficient (Wildman–Crippen LogP) is 14.1. The minimum atomic E-state index is 0.911. The molecule has 0 N–H and O–H groups in total. The number of rotatable bonds is 4. The van der Waals surface area contributed by atoms with Gasteiger partial charge in [0.05, 0.1) is 21.4 Å². The van der Waals surface area contributed by atoms with Gasteiger partial charge in [0.2, 0.25) is 0 Å². The van der Waals surface area contributed by atoms with Gasteiger partial charge in [0, 0.05) is 37.0 Å². The fourth-order valence-corrected chi connectivity index (χ4v) is 9.54. The van der Waals surface area contributed by atoms with Gasteiger partial charge in [0.25, 0.3) is 0 Å². The molecule has 3 aromatic heterocycles. The average Bonchev–Trinajstić information content (AvgIpc) is 3.88. The maximum absolute atomic E-state index is 6.38. The molecule has 8 aromatic carbocycles. The minimum absolute atomic E-state index is 0.911. The molecule has 11 rings (SSSR count). The van der Waals surface area contributed by atoms with Gasteiger partial charge in [0.15, 0.2) is 0 Å². The summed E-state index contributed by atoms with van der Waals surface area (Å²) in [6, 6.07) is 63.6. The van der Waals surface area contributed by atoms with Gasteiger partial charge >= 0.3 is 0 Å². The van der Waals surface area contributed by atoms with Crippen LogP contribution in [0.2, 0.25) is 0 Å². The summed E-state index contributed by atoms with van der Waals surface area (Å²) < 4.78 is 11.4. The third-order valence-electron chi connectivity index (χ3n) is 10.4. The molecular formula is C48H29NOS. The van der Waals surface area contributed by atoms with Crippen molar-refractivity contribution in [3.63, 3.8) is 0 Å². The Balaban J connectivity index is 1.26. The van der Waals surface area contributed by atoms with Crippen LogP contribution in [0.25, 0.3) is 103 Å².